The topological polar surface area (TPSA) is 79.9 Å². The largest absolute Gasteiger partial charge is 0.454 e. The number of imidazole rings is 1. The summed E-state index contributed by atoms with van der Waals surface area (Å²) in [5, 5.41) is 0.723. The molecule has 1 aliphatic heterocycles. The van der Waals surface area contributed by atoms with Gasteiger partial charge in [0.1, 0.15) is 16.9 Å². The quantitative estimate of drug-likeness (QED) is 0.324. The van der Waals surface area contributed by atoms with E-state index in [1.54, 1.807) is 0 Å². The highest BCUT2D eigenvalue weighted by Gasteiger charge is 2.24. The monoisotopic (exact) mass is 470 g/mol. The Morgan fingerprint density at radius 1 is 1.03 bits per heavy atom. The van der Waals surface area contributed by atoms with Crippen LogP contribution in [0.3, 0.4) is 0 Å². The van der Waals surface area contributed by atoms with Crippen molar-refractivity contribution < 1.29 is 19.0 Å². The Hall–Kier alpha value is -4.07. The second-order valence-electron chi connectivity index (χ2n) is 9.47. The van der Waals surface area contributed by atoms with Gasteiger partial charge in [-0.15, -0.1) is 0 Å². The fraction of sp³-hybridized carbons (Fsp3) is 0.296. The van der Waals surface area contributed by atoms with Gasteiger partial charge in [-0.05, 0) is 29.8 Å². The number of rotatable bonds is 5. The van der Waals surface area contributed by atoms with Crippen LogP contribution >= 0.6 is 0 Å². The van der Waals surface area contributed by atoms with Crippen molar-refractivity contribution in [2.75, 3.05) is 6.79 Å². The molecule has 0 radical (unpaired) electrons. The lowest BCUT2D eigenvalue weighted by atomic mass is 10.2. The van der Waals surface area contributed by atoms with Crippen LogP contribution in [0.25, 0.3) is 27.7 Å². The van der Waals surface area contributed by atoms with Gasteiger partial charge in [0.15, 0.2) is 22.9 Å². The molecule has 0 N–H and O–H groups in total. The van der Waals surface area contributed by atoms with Crippen LogP contribution in [0.2, 0.25) is 0 Å². The number of fused-ring (bicyclic) bond motifs is 6. The summed E-state index contributed by atoms with van der Waals surface area (Å²) in [6.45, 7) is 8.63. The molecule has 0 saturated carbocycles. The van der Waals surface area contributed by atoms with Crippen molar-refractivity contribution >= 4 is 33.7 Å². The Kier molecular flexibility index (Phi) is 4.91. The van der Waals surface area contributed by atoms with Crippen LogP contribution < -0.4 is 14.2 Å². The molecule has 1 aliphatic rings. The molecular weight excluding hydrogens is 444 g/mol. The van der Waals surface area contributed by atoms with E-state index in [-0.39, 0.29) is 24.6 Å². The summed E-state index contributed by atoms with van der Waals surface area (Å²) in [7, 11) is 0. The van der Waals surface area contributed by atoms with E-state index in [1.165, 1.54) is 0 Å². The molecule has 0 fully saturated rings. The fourth-order valence-electron chi connectivity index (χ4n) is 4.48. The molecule has 0 bridgehead atoms. The van der Waals surface area contributed by atoms with Crippen LogP contribution in [0.4, 0.5) is 0 Å². The summed E-state index contributed by atoms with van der Waals surface area (Å²) >= 11 is 0. The number of hydrogen-bond donors (Lipinski definition) is 0. The standard InChI is InChI=1S/C27H26N4O4/c1-15(2)24-29-25-23(26-28-18-7-5-6-8-19(18)31(24)26)22(35-27(32)16(3)4)13-30(25)12-17-9-10-20-21(11-17)34-14-33-20/h5-11,13,15-16H,12,14H2,1-4H3. The molecule has 0 aliphatic carbocycles. The van der Waals surface area contributed by atoms with E-state index >= 15 is 0 Å². The lowest BCUT2D eigenvalue weighted by molar-refractivity contribution is -0.137. The van der Waals surface area contributed by atoms with Crippen molar-refractivity contribution in [1.29, 1.82) is 0 Å². The van der Waals surface area contributed by atoms with Crippen LogP contribution in [0, 0.1) is 5.92 Å². The highest BCUT2D eigenvalue weighted by Crippen LogP contribution is 2.37. The Morgan fingerprint density at radius 2 is 1.83 bits per heavy atom. The van der Waals surface area contributed by atoms with Crippen molar-refractivity contribution in [2.45, 2.75) is 40.2 Å². The second kappa shape index (κ2) is 8.01. The third kappa shape index (κ3) is 3.48. The third-order valence-corrected chi connectivity index (χ3v) is 6.24. The first-order valence-corrected chi connectivity index (χ1v) is 11.8. The minimum atomic E-state index is -0.297. The highest BCUT2D eigenvalue weighted by molar-refractivity contribution is 6.01. The SMILES string of the molecule is CC(C)C(=O)Oc1cn(Cc2ccc3c(c2)OCO3)c2nc(C(C)C)n3c4ccccc4nc3c12. The van der Waals surface area contributed by atoms with Gasteiger partial charge in [0.2, 0.25) is 6.79 Å². The van der Waals surface area contributed by atoms with Crippen LogP contribution in [0.5, 0.6) is 17.2 Å². The number of ether oxygens (including phenoxy) is 3. The van der Waals surface area contributed by atoms with E-state index in [9.17, 15) is 4.79 Å². The van der Waals surface area contributed by atoms with Crippen molar-refractivity contribution in [2.24, 2.45) is 5.92 Å². The number of para-hydroxylation sites is 2. The maximum Gasteiger partial charge on any atom is 0.313 e. The zero-order chi connectivity index (χ0) is 24.3. The summed E-state index contributed by atoms with van der Waals surface area (Å²) in [5.74, 6) is 2.41. The first-order valence-electron chi connectivity index (χ1n) is 11.8. The van der Waals surface area contributed by atoms with Gasteiger partial charge in [-0.3, -0.25) is 9.20 Å². The van der Waals surface area contributed by atoms with Crippen molar-refractivity contribution in [3.8, 4) is 17.2 Å². The zero-order valence-corrected chi connectivity index (χ0v) is 20.1. The van der Waals surface area contributed by atoms with Crippen LogP contribution in [-0.2, 0) is 11.3 Å². The summed E-state index contributed by atoms with van der Waals surface area (Å²) < 4.78 is 21.0. The Labute approximate surface area is 202 Å². The molecule has 0 amide bonds. The number of esters is 1. The van der Waals surface area contributed by atoms with Gasteiger partial charge in [-0.2, -0.15) is 0 Å². The average Bonchev–Trinajstić information content (AvgIpc) is 3.53. The summed E-state index contributed by atoms with van der Waals surface area (Å²) in [5.41, 5.74) is 4.32. The Bertz CT molecular complexity index is 1610. The third-order valence-electron chi connectivity index (χ3n) is 6.24. The van der Waals surface area contributed by atoms with Gasteiger partial charge < -0.3 is 18.8 Å². The summed E-state index contributed by atoms with van der Waals surface area (Å²) in [6.07, 6.45) is 1.85. The number of carbonyl (C=O) groups is 1. The molecule has 0 atom stereocenters. The molecule has 3 aromatic heterocycles. The highest BCUT2D eigenvalue weighted by atomic mass is 16.7. The number of carbonyl (C=O) groups excluding carboxylic acids is 1. The zero-order valence-electron chi connectivity index (χ0n) is 20.1. The van der Waals surface area contributed by atoms with E-state index in [2.05, 4.69) is 18.2 Å². The fourth-order valence-corrected chi connectivity index (χ4v) is 4.48. The predicted molar refractivity (Wildman–Crippen MR) is 132 cm³/mol. The molecule has 178 valence electrons. The van der Waals surface area contributed by atoms with Crippen LogP contribution in [0.15, 0.2) is 48.7 Å². The number of benzene rings is 2. The maximum absolute atomic E-state index is 12.6. The van der Waals surface area contributed by atoms with Gasteiger partial charge in [0.05, 0.1) is 17.0 Å². The predicted octanol–water partition coefficient (Wildman–Crippen LogP) is 5.30. The molecule has 8 heteroatoms. The minimum Gasteiger partial charge on any atom is -0.454 e. The first kappa shape index (κ1) is 21.5. The molecule has 6 rings (SSSR count). The number of nitrogens with zero attached hydrogens (tertiary/aromatic N) is 4. The maximum atomic E-state index is 12.6. The van der Waals surface area contributed by atoms with Crippen LogP contribution in [0.1, 0.15) is 45.0 Å². The van der Waals surface area contributed by atoms with E-state index in [1.807, 2.05) is 67.1 Å². The van der Waals surface area contributed by atoms with Crippen molar-refractivity contribution in [1.82, 2.24) is 18.9 Å². The number of aromatic nitrogens is 4. The van der Waals surface area contributed by atoms with Gasteiger partial charge in [0, 0.05) is 18.7 Å². The molecule has 5 aromatic rings. The Balaban J connectivity index is 1.61. The second-order valence-corrected chi connectivity index (χ2v) is 9.47. The normalized spacial score (nSPS) is 13.1. The van der Waals surface area contributed by atoms with E-state index < -0.39 is 0 Å². The minimum absolute atomic E-state index is 0.148. The van der Waals surface area contributed by atoms with E-state index in [0.717, 1.165) is 50.6 Å². The molecule has 2 aromatic carbocycles. The molecule has 8 nitrogen and oxygen atoms in total. The molecule has 35 heavy (non-hydrogen) atoms. The van der Waals surface area contributed by atoms with Gasteiger partial charge in [-0.1, -0.05) is 45.9 Å². The van der Waals surface area contributed by atoms with E-state index in [0.29, 0.717) is 12.3 Å². The Morgan fingerprint density at radius 3 is 2.63 bits per heavy atom. The smallest absolute Gasteiger partial charge is 0.313 e. The molecule has 0 saturated heterocycles. The summed E-state index contributed by atoms with van der Waals surface area (Å²) in [6, 6.07) is 13.9. The molecule has 0 spiro atoms. The molecule has 4 heterocycles. The average molecular weight is 471 g/mol. The van der Waals surface area contributed by atoms with Crippen molar-refractivity contribution in [3.63, 3.8) is 0 Å². The first-order chi connectivity index (χ1) is 16.9. The lowest BCUT2D eigenvalue weighted by Crippen LogP contribution is -2.14. The van der Waals surface area contributed by atoms with Gasteiger partial charge in [0.25, 0.3) is 0 Å². The van der Waals surface area contributed by atoms with Crippen molar-refractivity contribution in [3.05, 3.63) is 60.0 Å². The van der Waals surface area contributed by atoms with Crippen LogP contribution in [-0.4, -0.2) is 31.7 Å². The van der Waals surface area contributed by atoms with Gasteiger partial charge >= 0.3 is 5.97 Å². The lowest BCUT2D eigenvalue weighted by Gasteiger charge is -2.12. The van der Waals surface area contributed by atoms with Gasteiger partial charge in [-0.25, -0.2) is 9.97 Å². The molecule has 0 unspecified atom stereocenters. The summed E-state index contributed by atoms with van der Waals surface area (Å²) in [4.78, 5) is 22.7. The van der Waals surface area contributed by atoms with E-state index in [4.69, 9.17) is 24.2 Å². The number of hydrogen-bond acceptors (Lipinski definition) is 6. The molecular formula is C27H26N4O4.